The van der Waals surface area contributed by atoms with E-state index in [9.17, 15) is 14.7 Å². The summed E-state index contributed by atoms with van der Waals surface area (Å²) in [6, 6.07) is 8.26. The number of aliphatic carboxylic acids is 1. The van der Waals surface area contributed by atoms with E-state index in [2.05, 4.69) is 15.4 Å². The number of carboxylic acids is 1. The molecule has 0 aliphatic carbocycles. The molecule has 1 amide bonds. The van der Waals surface area contributed by atoms with Crippen molar-refractivity contribution in [2.24, 2.45) is 0 Å². The third kappa shape index (κ3) is 2.71. The first-order valence-corrected chi connectivity index (χ1v) is 7.33. The number of fused-ring (bicyclic) bond motifs is 1. The number of benzene rings is 1. The van der Waals surface area contributed by atoms with Crippen LogP contribution in [0.3, 0.4) is 0 Å². The Balaban J connectivity index is 1.82. The summed E-state index contributed by atoms with van der Waals surface area (Å²) in [6.07, 6.45) is 4.89. The number of carboxylic acid groups (broad SMARTS) is 1. The summed E-state index contributed by atoms with van der Waals surface area (Å²) in [5.74, 6) is -1.23. The number of carbonyl (C=O) groups is 2. The van der Waals surface area contributed by atoms with Gasteiger partial charge >= 0.3 is 5.97 Å². The van der Waals surface area contributed by atoms with Crippen LogP contribution >= 0.6 is 0 Å². The molecule has 2 aromatic heterocycles. The van der Waals surface area contributed by atoms with Gasteiger partial charge in [0.25, 0.3) is 5.91 Å². The van der Waals surface area contributed by atoms with E-state index in [1.165, 1.54) is 6.20 Å². The fraction of sp³-hybridized carbons (Fsp3) is 0.176. The zero-order chi connectivity index (χ0) is 17.3. The monoisotopic (exact) mass is 324 g/mol. The van der Waals surface area contributed by atoms with E-state index in [0.29, 0.717) is 22.5 Å². The minimum atomic E-state index is -1.01. The highest BCUT2D eigenvalue weighted by molar-refractivity contribution is 6.06. The van der Waals surface area contributed by atoms with Crippen molar-refractivity contribution in [2.45, 2.75) is 19.3 Å². The third-order valence-corrected chi connectivity index (χ3v) is 3.93. The van der Waals surface area contributed by atoms with Crippen molar-refractivity contribution in [3.63, 3.8) is 0 Å². The minimum Gasteiger partial charge on any atom is -0.481 e. The van der Waals surface area contributed by atoms with E-state index in [4.69, 9.17) is 0 Å². The van der Waals surface area contributed by atoms with Gasteiger partial charge in [0.2, 0.25) is 0 Å². The number of aromatic nitrogens is 3. The SMILES string of the molecule is CC(C)(C(=O)O)c1ccc(C(=O)Nc2cnn3cccnc23)cc1. The molecule has 0 atom stereocenters. The predicted octanol–water partition coefficient (Wildman–Crippen LogP) is 2.34. The quantitative estimate of drug-likeness (QED) is 0.768. The maximum atomic E-state index is 12.4. The zero-order valence-electron chi connectivity index (χ0n) is 13.2. The lowest BCUT2D eigenvalue weighted by atomic mass is 9.84. The largest absolute Gasteiger partial charge is 0.481 e. The van der Waals surface area contributed by atoms with E-state index < -0.39 is 11.4 Å². The topological polar surface area (TPSA) is 96.6 Å². The molecule has 0 aliphatic rings. The number of nitrogens with zero attached hydrogens (tertiary/aromatic N) is 3. The van der Waals surface area contributed by atoms with Crippen LogP contribution in [0.2, 0.25) is 0 Å². The third-order valence-electron chi connectivity index (χ3n) is 3.93. The Morgan fingerprint density at radius 3 is 2.58 bits per heavy atom. The summed E-state index contributed by atoms with van der Waals surface area (Å²) in [4.78, 5) is 27.8. The van der Waals surface area contributed by atoms with Crippen molar-refractivity contribution in [3.05, 3.63) is 60.0 Å². The van der Waals surface area contributed by atoms with Gasteiger partial charge in [-0.3, -0.25) is 9.59 Å². The highest BCUT2D eigenvalue weighted by atomic mass is 16.4. The second-order valence-corrected chi connectivity index (χ2v) is 5.91. The zero-order valence-corrected chi connectivity index (χ0v) is 13.2. The summed E-state index contributed by atoms with van der Waals surface area (Å²) < 4.78 is 1.56. The fourth-order valence-corrected chi connectivity index (χ4v) is 2.27. The van der Waals surface area contributed by atoms with E-state index >= 15 is 0 Å². The summed E-state index contributed by atoms with van der Waals surface area (Å²) in [5.41, 5.74) is 1.10. The van der Waals surface area contributed by atoms with Gasteiger partial charge in [0.05, 0.1) is 11.6 Å². The Morgan fingerprint density at radius 1 is 1.21 bits per heavy atom. The molecule has 1 aromatic carbocycles. The Hall–Kier alpha value is -3.22. The van der Waals surface area contributed by atoms with Crippen LogP contribution in [0.4, 0.5) is 5.69 Å². The molecule has 122 valence electrons. The molecule has 0 saturated heterocycles. The molecule has 0 bridgehead atoms. The molecular weight excluding hydrogens is 308 g/mol. The van der Waals surface area contributed by atoms with Crippen LogP contribution in [-0.4, -0.2) is 31.6 Å². The second-order valence-electron chi connectivity index (χ2n) is 5.91. The number of amides is 1. The maximum Gasteiger partial charge on any atom is 0.313 e. The standard InChI is InChI=1S/C17H16N4O3/c1-17(2,16(23)24)12-6-4-11(5-7-12)15(22)20-13-10-19-21-9-3-8-18-14(13)21/h3-10H,1-2H3,(H,20,22)(H,23,24). The lowest BCUT2D eigenvalue weighted by Gasteiger charge is -2.19. The van der Waals surface area contributed by atoms with Crippen molar-refractivity contribution in [2.75, 3.05) is 5.32 Å². The predicted molar refractivity (Wildman–Crippen MR) is 88.0 cm³/mol. The Labute approximate surface area is 138 Å². The number of hydrogen-bond acceptors (Lipinski definition) is 4. The van der Waals surface area contributed by atoms with Crippen molar-refractivity contribution < 1.29 is 14.7 Å². The van der Waals surface area contributed by atoms with E-state index in [1.54, 1.807) is 61.1 Å². The van der Waals surface area contributed by atoms with Gasteiger partial charge in [-0.2, -0.15) is 5.10 Å². The molecule has 24 heavy (non-hydrogen) atoms. The Bertz CT molecular complexity index is 913. The van der Waals surface area contributed by atoms with Gasteiger partial charge < -0.3 is 10.4 Å². The Morgan fingerprint density at radius 2 is 1.92 bits per heavy atom. The maximum absolute atomic E-state index is 12.4. The first-order chi connectivity index (χ1) is 11.4. The van der Waals surface area contributed by atoms with Gasteiger partial charge in [-0.25, -0.2) is 9.50 Å². The smallest absolute Gasteiger partial charge is 0.313 e. The molecule has 7 nitrogen and oxygen atoms in total. The second kappa shape index (κ2) is 5.77. The Kier molecular flexibility index (Phi) is 3.76. The van der Waals surface area contributed by atoms with Crippen LogP contribution in [0.5, 0.6) is 0 Å². The molecule has 0 fully saturated rings. The number of anilines is 1. The molecule has 0 saturated carbocycles. The first-order valence-electron chi connectivity index (χ1n) is 7.33. The van der Waals surface area contributed by atoms with Gasteiger partial charge in [0.1, 0.15) is 5.69 Å². The summed E-state index contributed by atoms with van der Waals surface area (Å²) >= 11 is 0. The molecule has 3 rings (SSSR count). The molecule has 3 aromatic rings. The first kappa shape index (κ1) is 15.7. The summed E-state index contributed by atoms with van der Waals surface area (Å²) in [7, 11) is 0. The number of nitrogens with one attached hydrogen (secondary N) is 1. The van der Waals surface area contributed by atoms with Crippen molar-refractivity contribution in [1.29, 1.82) is 0 Å². The lowest BCUT2D eigenvalue weighted by Crippen LogP contribution is -2.28. The van der Waals surface area contributed by atoms with Gasteiger partial charge in [0, 0.05) is 18.0 Å². The van der Waals surface area contributed by atoms with E-state index in [1.807, 2.05) is 0 Å². The summed E-state index contributed by atoms with van der Waals surface area (Å²) in [6.45, 7) is 3.24. The van der Waals surface area contributed by atoms with E-state index in [-0.39, 0.29) is 5.91 Å². The highest BCUT2D eigenvalue weighted by Crippen LogP contribution is 2.24. The molecule has 0 aliphatic heterocycles. The number of hydrogen-bond donors (Lipinski definition) is 2. The fourth-order valence-electron chi connectivity index (χ4n) is 2.27. The van der Waals surface area contributed by atoms with Gasteiger partial charge in [-0.15, -0.1) is 0 Å². The molecule has 0 unspecified atom stereocenters. The van der Waals surface area contributed by atoms with Gasteiger partial charge in [-0.05, 0) is 37.6 Å². The number of rotatable bonds is 4. The summed E-state index contributed by atoms with van der Waals surface area (Å²) in [5, 5.41) is 16.1. The molecule has 0 spiro atoms. The molecule has 0 radical (unpaired) electrons. The van der Waals surface area contributed by atoms with Crippen LogP contribution in [0, 0.1) is 0 Å². The van der Waals surface area contributed by atoms with E-state index in [0.717, 1.165) is 0 Å². The van der Waals surface area contributed by atoms with Gasteiger partial charge in [-0.1, -0.05) is 12.1 Å². The van der Waals surface area contributed by atoms with Gasteiger partial charge in [0.15, 0.2) is 5.65 Å². The lowest BCUT2D eigenvalue weighted by molar-refractivity contribution is -0.142. The van der Waals surface area contributed by atoms with Crippen LogP contribution in [0.15, 0.2) is 48.9 Å². The molecule has 2 heterocycles. The average Bonchev–Trinajstić information content (AvgIpc) is 2.98. The average molecular weight is 324 g/mol. The molecule has 7 heteroatoms. The number of carbonyl (C=O) groups excluding carboxylic acids is 1. The van der Waals surface area contributed by atoms with Crippen molar-refractivity contribution >= 4 is 23.2 Å². The molecule has 2 N–H and O–H groups in total. The van der Waals surface area contributed by atoms with Crippen LogP contribution < -0.4 is 5.32 Å². The minimum absolute atomic E-state index is 0.310. The molecular formula is C17H16N4O3. The van der Waals surface area contributed by atoms with Crippen LogP contribution in [0.1, 0.15) is 29.8 Å². The van der Waals surface area contributed by atoms with Crippen molar-refractivity contribution in [1.82, 2.24) is 14.6 Å². The van der Waals surface area contributed by atoms with Crippen molar-refractivity contribution in [3.8, 4) is 0 Å². The normalized spacial score (nSPS) is 11.4. The van der Waals surface area contributed by atoms with Crippen LogP contribution in [0.25, 0.3) is 5.65 Å². The van der Waals surface area contributed by atoms with Crippen LogP contribution in [-0.2, 0) is 10.2 Å². The highest BCUT2D eigenvalue weighted by Gasteiger charge is 2.29.